The lowest BCUT2D eigenvalue weighted by atomic mass is 10.1. The quantitative estimate of drug-likeness (QED) is 0.601. The van der Waals surface area contributed by atoms with Crippen molar-refractivity contribution in [3.8, 4) is 0 Å². The Bertz CT molecular complexity index is 690. The standard InChI is InChI=1S/C16H16Cl2N2O2/c1-2-7-22-16(21)10-3-6-15(14(19)8-10)20-11-4-5-12(17)13(18)9-11/h3-6,8-9,20H,2,7,19H2,1H3. The summed E-state index contributed by atoms with van der Waals surface area (Å²) in [4.78, 5) is 11.8. The second-order valence-electron chi connectivity index (χ2n) is 4.69. The van der Waals surface area contributed by atoms with Gasteiger partial charge in [-0.3, -0.25) is 0 Å². The number of nitrogen functional groups attached to an aromatic ring is 1. The first-order valence-corrected chi connectivity index (χ1v) is 7.55. The van der Waals surface area contributed by atoms with Gasteiger partial charge in [-0.1, -0.05) is 30.1 Å². The number of anilines is 3. The molecule has 0 atom stereocenters. The first kappa shape index (κ1) is 16.5. The Kier molecular flexibility index (Phi) is 5.52. The molecular weight excluding hydrogens is 323 g/mol. The van der Waals surface area contributed by atoms with Crippen molar-refractivity contribution in [3.63, 3.8) is 0 Å². The third kappa shape index (κ3) is 4.06. The van der Waals surface area contributed by atoms with Crippen molar-refractivity contribution in [1.29, 1.82) is 0 Å². The van der Waals surface area contributed by atoms with Crippen LogP contribution in [0.15, 0.2) is 36.4 Å². The molecular formula is C16H16Cl2N2O2. The average Bonchev–Trinajstić information content (AvgIpc) is 2.50. The predicted molar refractivity (Wildman–Crippen MR) is 91.2 cm³/mol. The van der Waals surface area contributed by atoms with Gasteiger partial charge in [0, 0.05) is 5.69 Å². The van der Waals surface area contributed by atoms with Crippen LogP contribution < -0.4 is 11.1 Å². The SMILES string of the molecule is CCCOC(=O)c1ccc(Nc2ccc(Cl)c(Cl)c2)c(N)c1. The summed E-state index contributed by atoms with van der Waals surface area (Å²) in [6.07, 6.45) is 0.776. The number of benzene rings is 2. The molecule has 4 nitrogen and oxygen atoms in total. The van der Waals surface area contributed by atoms with E-state index in [4.69, 9.17) is 33.7 Å². The maximum absolute atomic E-state index is 11.8. The number of nitrogens with two attached hydrogens (primary N) is 1. The Morgan fingerprint density at radius 1 is 1.18 bits per heavy atom. The second kappa shape index (κ2) is 7.38. The molecule has 0 aromatic heterocycles. The monoisotopic (exact) mass is 338 g/mol. The second-order valence-corrected chi connectivity index (χ2v) is 5.51. The average molecular weight is 339 g/mol. The number of hydrogen-bond acceptors (Lipinski definition) is 4. The van der Waals surface area contributed by atoms with E-state index < -0.39 is 0 Å². The maximum Gasteiger partial charge on any atom is 0.338 e. The Hall–Kier alpha value is -1.91. The van der Waals surface area contributed by atoms with Crippen LogP contribution in [0.2, 0.25) is 10.0 Å². The van der Waals surface area contributed by atoms with Gasteiger partial charge in [0.1, 0.15) is 0 Å². The van der Waals surface area contributed by atoms with Crippen LogP contribution in [-0.4, -0.2) is 12.6 Å². The van der Waals surface area contributed by atoms with E-state index in [1.165, 1.54) is 0 Å². The third-order valence-electron chi connectivity index (χ3n) is 2.92. The van der Waals surface area contributed by atoms with Gasteiger partial charge in [-0.15, -0.1) is 0 Å². The largest absolute Gasteiger partial charge is 0.462 e. The van der Waals surface area contributed by atoms with E-state index in [0.29, 0.717) is 33.6 Å². The lowest BCUT2D eigenvalue weighted by Gasteiger charge is -2.11. The fourth-order valence-corrected chi connectivity index (χ4v) is 2.11. The summed E-state index contributed by atoms with van der Waals surface area (Å²) in [6.45, 7) is 2.33. The van der Waals surface area contributed by atoms with Gasteiger partial charge in [-0.2, -0.15) is 0 Å². The highest BCUT2D eigenvalue weighted by molar-refractivity contribution is 6.42. The number of hydrogen-bond donors (Lipinski definition) is 2. The van der Waals surface area contributed by atoms with Crippen molar-refractivity contribution in [1.82, 2.24) is 0 Å². The topological polar surface area (TPSA) is 64.3 Å². The minimum atomic E-state index is -0.380. The Balaban J connectivity index is 2.15. The highest BCUT2D eigenvalue weighted by Gasteiger charge is 2.10. The molecule has 2 aromatic rings. The van der Waals surface area contributed by atoms with Crippen molar-refractivity contribution >= 4 is 46.2 Å². The summed E-state index contributed by atoms with van der Waals surface area (Å²) in [5, 5.41) is 4.06. The molecule has 0 heterocycles. The summed E-state index contributed by atoms with van der Waals surface area (Å²) in [5.74, 6) is -0.380. The molecule has 116 valence electrons. The van der Waals surface area contributed by atoms with Crippen LogP contribution in [0.5, 0.6) is 0 Å². The van der Waals surface area contributed by atoms with Crippen LogP contribution in [0.4, 0.5) is 17.1 Å². The Morgan fingerprint density at radius 2 is 1.95 bits per heavy atom. The van der Waals surface area contributed by atoms with Gasteiger partial charge in [0.25, 0.3) is 0 Å². The van der Waals surface area contributed by atoms with Gasteiger partial charge in [0.15, 0.2) is 0 Å². The normalized spacial score (nSPS) is 10.3. The number of halogens is 2. The molecule has 6 heteroatoms. The summed E-state index contributed by atoms with van der Waals surface area (Å²) in [5.41, 5.74) is 8.26. The molecule has 0 aliphatic heterocycles. The van der Waals surface area contributed by atoms with Crippen LogP contribution in [0.1, 0.15) is 23.7 Å². The molecule has 0 saturated heterocycles. The van der Waals surface area contributed by atoms with Crippen molar-refractivity contribution in [3.05, 3.63) is 52.0 Å². The highest BCUT2D eigenvalue weighted by Crippen LogP contribution is 2.29. The Morgan fingerprint density at radius 3 is 2.59 bits per heavy atom. The molecule has 0 unspecified atom stereocenters. The summed E-state index contributed by atoms with van der Waals surface area (Å²) < 4.78 is 5.07. The summed E-state index contributed by atoms with van der Waals surface area (Å²) >= 11 is 11.8. The minimum absolute atomic E-state index is 0.380. The molecule has 0 spiro atoms. The van der Waals surface area contributed by atoms with Crippen LogP contribution in [-0.2, 0) is 4.74 Å². The van der Waals surface area contributed by atoms with Crippen molar-refractivity contribution < 1.29 is 9.53 Å². The van der Waals surface area contributed by atoms with Gasteiger partial charge >= 0.3 is 5.97 Å². The van der Waals surface area contributed by atoms with E-state index in [-0.39, 0.29) is 5.97 Å². The fraction of sp³-hybridized carbons (Fsp3) is 0.188. The first-order chi connectivity index (χ1) is 10.5. The number of carbonyl (C=O) groups is 1. The van der Waals surface area contributed by atoms with E-state index >= 15 is 0 Å². The van der Waals surface area contributed by atoms with E-state index in [1.54, 1.807) is 36.4 Å². The van der Waals surface area contributed by atoms with Gasteiger partial charge in [0.2, 0.25) is 0 Å². The van der Waals surface area contributed by atoms with Gasteiger partial charge in [-0.25, -0.2) is 4.79 Å². The van der Waals surface area contributed by atoms with Crippen LogP contribution in [0, 0.1) is 0 Å². The van der Waals surface area contributed by atoms with E-state index in [0.717, 1.165) is 12.1 Å². The molecule has 0 aliphatic rings. The van der Waals surface area contributed by atoms with Crippen LogP contribution >= 0.6 is 23.2 Å². The third-order valence-corrected chi connectivity index (χ3v) is 3.66. The zero-order valence-corrected chi connectivity index (χ0v) is 13.5. The number of rotatable bonds is 5. The number of esters is 1. The molecule has 22 heavy (non-hydrogen) atoms. The molecule has 0 bridgehead atoms. The molecule has 0 fully saturated rings. The molecule has 0 amide bonds. The minimum Gasteiger partial charge on any atom is -0.462 e. The van der Waals surface area contributed by atoms with Gasteiger partial charge in [-0.05, 0) is 42.8 Å². The predicted octanol–water partition coefficient (Wildman–Crippen LogP) is 4.89. The lowest BCUT2D eigenvalue weighted by molar-refractivity contribution is 0.0505. The summed E-state index contributed by atoms with van der Waals surface area (Å²) in [6, 6.07) is 10.1. The lowest BCUT2D eigenvalue weighted by Crippen LogP contribution is -2.07. The Labute approximate surface area is 139 Å². The van der Waals surface area contributed by atoms with Crippen molar-refractivity contribution in [2.75, 3.05) is 17.7 Å². The maximum atomic E-state index is 11.8. The number of carbonyl (C=O) groups excluding carboxylic acids is 1. The van der Waals surface area contributed by atoms with E-state index in [2.05, 4.69) is 5.32 Å². The molecule has 2 aromatic carbocycles. The molecule has 0 saturated carbocycles. The van der Waals surface area contributed by atoms with Crippen LogP contribution in [0.25, 0.3) is 0 Å². The highest BCUT2D eigenvalue weighted by atomic mass is 35.5. The van der Waals surface area contributed by atoms with Gasteiger partial charge < -0.3 is 15.8 Å². The fourth-order valence-electron chi connectivity index (χ4n) is 1.81. The first-order valence-electron chi connectivity index (χ1n) is 6.80. The molecule has 2 rings (SSSR count). The molecule has 3 N–H and O–H groups in total. The number of ether oxygens (including phenoxy) is 1. The van der Waals surface area contributed by atoms with E-state index in [1.807, 2.05) is 6.92 Å². The smallest absolute Gasteiger partial charge is 0.338 e. The van der Waals surface area contributed by atoms with Crippen molar-refractivity contribution in [2.24, 2.45) is 0 Å². The number of nitrogens with one attached hydrogen (secondary N) is 1. The van der Waals surface area contributed by atoms with E-state index in [9.17, 15) is 4.79 Å². The zero-order valence-electron chi connectivity index (χ0n) is 12.0. The van der Waals surface area contributed by atoms with Gasteiger partial charge in [0.05, 0.1) is 33.6 Å². The van der Waals surface area contributed by atoms with Crippen LogP contribution in [0.3, 0.4) is 0 Å². The van der Waals surface area contributed by atoms with Crippen molar-refractivity contribution in [2.45, 2.75) is 13.3 Å². The zero-order chi connectivity index (χ0) is 16.1. The molecule has 0 aliphatic carbocycles. The summed E-state index contributed by atoms with van der Waals surface area (Å²) in [7, 11) is 0. The molecule has 0 radical (unpaired) electrons.